The first-order valence-corrected chi connectivity index (χ1v) is 27.1. The maximum atomic E-state index is 13.3. The van der Waals surface area contributed by atoms with E-state index in [-0.39, 0.29) is 62.1 Å². The molecule has 0 saturated carbocycles. The van der Waals surface area contributed by atoms with E-state index >= 15 is 0 Å². The SMILES string of the molecule is CC1/C=C/C=C/C=C/C=C/C=C/C=C/C=C/C(O[C@@H]2O[C@H](C)[C@@H](O)[C@H](N)[C@H]2O)CC2OC(O)(CC(O)CC(O)CC(O)CC(=O)CCCC(=O)CC(=O)OC1C(C)CC(C)C(O)CC(=O)c1ccc(N)cc1)CC(O)C2C(=O)O. The second-order valence-corrected chi connectivity index (χ2v) is 21.4. The maximum absolute atomic E-state index is 13.3. The topological polar surface area (TPSA) is 356 Å². The van der Waals surface area contributed by atoms with Gasteiger partial charge in [0, 0.05) is 62.1 Å². The van der Waals surface area contributed by atoms with E-state index in [4.69, 9.17) is 30.4 Å². The first-order valence-electron chi connectivity index (χ1n) is 27.1. The van der Waals surface area contributed by atoms with Crippen LogP contribution in [0.25, 0.3) is 0 Å². The Labute approximate surface area is 462 Å². The van der Waals surface area contributed by atoms with Crippen LogP contribution < -0.4 is 11.5 Å². The molecule has 20 nitrogen and oxygen atoms in total. The van der Waals surface area contributed by atoms with E-state index in [1.165, 1.54) is 13.0 Å². The lowest BCUT2D eigenvalue weighted by molar-refractivity contribution is -0.308. The number of ether oxygens (including phenoxy) is 4. The van der Waals surface area contributed by atoms with Gasteiger partial charge in [0.25, 0.3) is 0 Å². The van der Waals surface area contributed by atoms with Crippen LogP contribution in [0, 0.1) is 23.7 Å². The van der Waals surface area contributed by atoms with Crippen LogP contribution in [0.15, 0.2) is 109 Å². The predicted octanol–water partition coefficient (Wildman–Crippen LogP) is 3.77. The molecule has 0 radical (unpaired) electrons. The maximum Gasteiger partial charge on any atom is 0.313 e. The predicted molar refractivity (Wildman–Crippen MR) is 292 cm³/mol. The van der Waals surface area contributed by atoms with Crippen molar-refractivity contribution in [2.45, 2.75) is 190 Å². The van der Waals surface area contributed by atoms with Gasteiger partial charge in [0.15, 0.2) is 17.9 Å². The molecule has 0 spiro atoms. The van der Waals surface area contributed by atoms with E-state index in [0.29, 0.717) is 17.7 Å². The Morgan fingerprint density at radius 2 is 1.33 bits per heavy atom. The van der Waals surface area contributed by atoms with Crippen molar-refractivity contribution in [1.82, 2.24) is 0 Å². The van der Waals surface area contributed by atoms with Crippen molar-refractivity contribution in [1.29, 1.82) is 0 Å². The van der Waals surface area contributed by atoms with Crippen LogP contribution in [-0.2, 0) is 38.1 Å². The van der Waals surface area contributed by atoms with Gasteiger partial charge in [-0.3, -0.25) is 24.0 Å². The highest BCUT2D eigenvalue weighted by Gasteiger charge is 2.51. The van der Waals surface area contributed by atoms with Crippen molar-refractivity contribution in [3.63, 3.8) is 0 Å². The summed E-state index contributed by atoms with van der Waals surface area (Å²) in [5.74, 6) is -8.34. The minimum atomic E-state index is -2.32. The summed E-state index contributed by atoms with van der Waals surface area (Å²) in [6.45, 7) is 7.07. The number of hydrogen-bond acceptors (Lipinski definition) is 19. The number of allylic oxidation sites excluding steroid dienone is 12. The van der Waals surface area contributed by atoms with Gasteiger partial charge < -0.3 is 76.4 Å². The number of fused-ring (bicyclic) bond motifs is 2. The number of nitrogens with two attached hydrogens (primary N) is 2. The van der Waals surface area contributed by atoms with Crippen molar-refractivity contribution in [3.05, 3.63) is 115 Å². The number of esters is 1. The molecule has 3 heterocycles. The molecule has 2 fully saturated rings. The van der Waals surface area contributed by atoms with Gasteiger partial charge >= 0.3 is 11.9 Å². The Morgan fingerprint density at radius 1 is 0.759 bits per heavy atom. The summed E-state index contributed by atoms with van der Waals surface area (Å²) >= 11 is 0. The third-order valence-electron chi connectivity index (χ3n) is 14.4. The molecule has 20 heteroatoms. The van der Waals surface area contributed by atoms with Gasteiger partial charge in [-0.15, -0.1) is 0 Å². The van der Waals surface area contributed by atoms with Crippen molar-refractivity contribution >= 4 is 35.0 Å². The normalized spacial score (nSPS) is 36.9. The number of carbonyl (C=O) groups excluding carboxylic acids is 4. The first-order chi connectivity index (χ1) is 37.4. The Balaban J connectivity index is 1.54. The highest BCUT2D eigenvalue weighted by molar-refractivity contribution is 5.97. The number of aliphatic hydroxyl groups is 8. The molecule has 13 unspecified atom stereocenters. The lowest BCUT2D eigenvalue weighted by Gasteiger charge is -2.45. The van der Waals surface area contributed by atoms with E-state index < -0.39 is 147 Å². The molecule has 13 N–H and O–H groups in total. The summed E-state index contributed by atoms with van der Waals surface area (Å²) in [5.41, 5.74) is 12.7. The summed E-state index contributed by atoms with van der Waals surface area (Å²) < 4.78 is 23.7. The Bertz CT molecular complexity index is 2330. The molecule has 438 valence electrons. The molecule has 2 saturated heterocycles. The lowest BCUT2D eigenvalue weighted by Crippen LogP contribution is -2.61. The second kappa shape index (κ2) is 32.8. The number of anilines is 1. The van der Waals surface area contributed by atoms with E-state index in [1.807, 2.05) is 26.8 Å². The van der Waals surface area contributed by atoms with Crippen LogP contribution in [0.4, 0.5) is 5.69 Å². The quantitative estimate of drug-likeness (QED) is 0.0687. The van der Waals surface area contributed by atoms with E-state index in [9.17, 15) is 69.9 Å². The zero-order valence-corrected chi connectivity index (χ0v) is 45.5. The highest BCUT2D eigenvalue weighted by atomic mass is 16.7. The van der Waals surface area contributed by atoms with Crippen LogP contribution in [-0.4, -0.2) is 161 Å². The number of carboxylic acid groups (broad SMARTS) is 1. The third kappa shape index (κ3) is 22.6. The smallest absolute Gasteiger partial charge is 0.313 e. The lowest BCUT2D eigenvalue weighted by atomic mass is 9.82. The van der Waals surface area contributed by atoms with Crippen molar-refractivity contribution in [2.24, 2.45) is 29.4 Å². The van der Waals surface area contributed by atoms with Crippen molar-refractivity contribution in [3.8, 4) is 0 Å². The molecular weight excluding hydrogens is 1020 g/mol. The number of rotatable bonds is 10. The Kier molecular flexibility index (Phi) is 27.5. The molecule has 0 aliphatic carbocycles. The number of aliphatic hydroxyl groups excluding tert-OH is 7. The fourth-order valence-electron chi connectivity index (χ4n) is 10.0. The molecule has 79 heavy (non-hydrogen) atoms. The molecule has 3 aliphatic rings. The largest absolute Gasteiger partial charge is 0.481 e. The van der Waals surface area contributed by atoms with Gasteiger partial charge in [0.2, 0.25) is 0 Å². The van der Waals surface area contributed by atoms with E-state index in [1.54, 1.807) is 97.2 Å². The minimum Gasteiger partial charge on any atom is -0.481 e. The van der Waals surface area contributed by atoms with Gasteiger partial charge in [-0.05, 0) is 68.7 Å². The fourth-order valence-corrected chi connectivity index (χ4v) is 10.0. The van der Waals surface area contributed by atoms with Crippen molar-refractivity contribution < 1.29 is 88.9 Å². The monoisotopic (exact) mass is 1110 g/mol. The standard InChI is InChI=1S/C59H84N2O18/c1-35-18-15-13-11-9-7-5-6-8-10-12-14-16-21-46(77-58-55(72)53(61)54(71)38(4)76-58)31-50-52(57(73)74)49(69)34-59(75,79-50)33-45(66)29-44(65)28-43(64)27-41(62)19-17-20-42(63)30-51(70)78-56(35)37(3)26-36(2)47(67)32-48(68)39-22-24-40(60)25-23-39/h5-16,18,21-25,35-38,43-47,49-50,52-56,58,64-67,69,71-72,75H,17,19-20,26-34,60-61H2,1-4H3,(H,73,74)/b6-5+,9-7+,10-8+,13-11+,14-12+,18-15+,21-16+/t35?,36?,37?,38-,43?,44?,45?,46?,47?,49?,50?,52?,53+,54-,55-,56?,58+,59?/m1/s1. The summed E-state index contributed by atoms with van der Waals surface area (Å²) in [6, 6.07) is 5.27. The average molecular weight is 1110 g/mol. The number of aliphatic carboxylic acids is 1. The minimum absolute atomic E-state index is 0.0673. The summed E-state index contributed by atoms with van der Waals surface area (Å²) in [4.78, 5) is 64.6. The van der Waals surface area contributed by atoms with E-state index in [0.717, 1.165) is 0 Å². The molecule has 18 atom stereocenters. The molecule has 0 amide bonds. The molecule has 4 rings (SSSR count). The van der Waals surface area contributed by atoms with Crippen LogP contribution in [0.2, 0.25) is 0 Å². The zero-order valence-electron chi connectivity index (χ0n) is 45.5. The summed E-state index contributed by atoms with van der Waals surface area (Å²) in [5, 5.41) is 97.8. The molecule has 3 aliphatic heterocycles. The number of Topliss-reactive ketones (excluding diaryl/α,β-unsaturated/α-hetero) is 3. The number of carbonyl (C=O) groups is 5. The fraction of sp³-hybridized carbons (Fsp3) is 0.576. The van der Waals surface area contributed by atoms with Gasteiger partial charge in [-0.25, -0.2) is 0 Å². The third-order valence-corrected chi connectivity index (χ3v) is 14.4. The van der Waals surface area contributed by atoms with Crippen LogP contribution >= 0.6 is 0 Å². The molecule has 2 bridgehead atoms. The number of hydrogen-bond donors (Lipinski definition) is 11. The van der Waals surface area contributed by atoms with Gasteiger partial charge in [-0.1, -0.05) is 106 Å². The molecular formula is C59H84N2O18. The Morgan fingerprint density at radius 3 is 1.94 bits per heavy atom. The summed E-state index contributed by atoms with van der Waals surface area (Å²) in [6.07, 6.45) is 5.73. The molecule has 1 aromatic carbocycles. The number of cyclic esters (lactones) is 1. The van der Waals surface area contributed by atoms with Gasteiger partial charge in [-0.2, -0.15) is 0 Å². The van der Waals surface area contributed by atoms with Gasteiger partial charge in [0.05, 0.1) is 61.0 Å². The number of ketones is 3. The zero-order chi connectivity index (χ0) is 58.4. The number of benzene rings is 1. The second-order valence-electron chi connectivity index (χ2n) is 21.4. The molecule has 0 aromatic heterocycles. The average Bonchev–Trinajstić information content (AvgIpc) is 3.40. The van der Waals surface area contributed by atoms with Crippen molar-refractivity contribution in [2.75, 3.05) is 5.73 Å². The van der Waals surface area contributed by atoms with Crippen LogP contribution in [0.1, 0.15) is 115 Å². The number of nitrogen functional groups attached to an aromatic ring is 1. The Hall–Kier alpha value is -5.33. The van der Waals surface area contributed by atoms with Crippen LogP contribution in [0.5, 0.6) is 0 Å². The van der Waals surface area contributed by atoms with Gasteiger partial charge in [0.1, 0.15) is 36.1 Å². The highest BCUT2D eigenvalue weighted by Crippen LogP contribution is 2.38. The number of carboxylic acids is 1. The first kappa shape index (κ1) is 66.2. The van der Waals surface area contributed by atoms with Crippen LogP contribution in [0.3, 0.4) is 0 Å². The molecule has 1 aromatic rings. The summed E-state index contributed by atoms with van der Waals surface area (Å²) in [7, 11) is 0. The van der Waals surface area contributed by atoms with E-state index in [2.05, 4.69) is 0 Å².